The Labute approximate surface area is 87.9 Å². The summed E-state index contributed by atoms with van der Waals surface area (Å²) in [5, 5.41) is 3.44. The average molecular weight is 203 g/mol. The molecule has 0 radical (unpaired) electrons. The van der Waals surface area contributed by atoms with E-state index in [9.17, 15) is 0 Å². The smallest absolute Gasteiger partial charge is 0.0346 e. The molecule has 1 aromatic heterocycles. The van der Waals surface area contributed by atoms with Crippen LogP contribution in [0.25, 0.3) is 10.1 Å². The van der Waals surface area contributed by atoms with E-state index in [-0.39, 0.29) is 6.04 Å². The molecule has 0 aliphatic rings. The molecule has 0 bridgehead atoms. The zero-order valence-electron chi connectivity index (χ0n) is 7.94. The van der Waals surface area contributed by atoms with Crippen molar-refractivity contribution in [2.24, 2.45) is 5.73 Å². The summed E-state index contributed by atoms with van der Waals surface area (Å²) in [5.41, 5.74) is 7.29. The van der Waals surface area contributed by atoms with Crippen LogP contribution in [0.3, 0.4) is 0 Å². The van der Waals surface area contributed by atoms with E-state index in [1.165, 1.54) is 15.6 Å². The average Bonchev–Trinajstić information content (AvgIpc) is 2.61. The third-order valence-corrected chi connectivity index (χ3v) is 3.31. The lowest BCUT2D eigenvalue weighted by atomic mass is 10.0. The summed E-state index contributed by atoms with van der Waals surface area (Å²) in [6.07, 6.45) is 2.71. The summed E-state index contributed by atoms with van der Waals surface area (Å²) >= 11 is 1.75. The van der Waals surface area contributed by atoms with Crippen molar-refractivity contribution >= 4 is 21.4 Å². The Morgan fingerprint density at radius 1 is 1.43 bits per heavy atom. The van der Waals surface area contributed by atoms with Crippen LogP contribution in [0, 0.1) is 0 Å². The van der Waals surface area contributed by atoms with Gasteiger partial charge in [0.15, 0.2) is 0 Å². The highest BCUT2D eigenvalue weighted by Crippen LogP contribution is 2.30. The van der Waals surface area contributed by atoms with Gasteiger partial charge in [-0.25, -0.2) is 0 Å². The zero-order chi connectivity index (χ0) is 9.97. The van der Waals surface area contributed by atoms with Gasteiger partial charge in [-0.1, -0.05) is 24.3 Å². The molecule has 0 fully saturated rings. The predicted molar refractivity (Wildman–Crippen MR) is 63.6 cm³/mol. The summed E-state index contributed by atoms with van der Waals surface area (Å²) in [4.78, 5) is 0. The van der Waals surface area contributed by atoms with E-state index >= 15 is 0 Å². The van der Waals surface area contributed by atoms with Crippen LogP contribution < -0.4 is 5.73 Å². The van der Waals surface area contributed by atoms with Crippen LogP contribution in [0.4, 0.5) is 0 Å². The molecular weight excluding hydrogens is 190 g/mol. The number of thiophene rings is 1. The molecule has 2 aromatic rings. The quantitative estimate of drug-likeness (QED) is 0.759. The SMILES string of the molecule is C=CC[C@H](N)c1csc2ccccc12. The van der Waals surface area contributed by atoms with Crippen molar-refractivity contribution in [1.29, 1.82) is 0 Å². The Hall–Kier alpha value is -1.12. The van der Waals surface area contributed by atoms with Crippen molar-refractivity contribution in [2.75, 3.05) is 0 Å². The molecule has 1 nitrogen and oxygen atoms in total. The minimum absolute atomic E-state index is 0.0867. The molecule has 1 atom stereocenters. The fraction of sp³-hybridized carbons (Fsp3) is 0.167. The Balaban J connectivity index is 2.47. The second-order valence-corrected chi connectivity index (χ2v) is 4.23. The van der Waals surface area contributed by atoms with Gasteiger partial charge in [0, 0.05) is 10.7 Å². The van der Waals surface area contributed by atoms with Gasteiger partial charge in [0.1, 0.15) is 0 Å². The fourth-order valence-corrected chi connectivity index (χ4v) is 2.62. The summed E-state index contributed by atoms with van der Waals surface area (Å²) in [7, 11) is 0. The molecule has 2 N–H and O–H groups in total. The molecular formula is C12H13NS. The maximum atomic E-state index is 6.05. The fourth-order valence-electron chi connectivity index (χ4n) is 1.59. The predicted octanol–water partition coefficient (Wildman–Crippen LogP) is 3.48. The molecule has 1 heterocycles. The second kappa shape index (κ2) is 3.95. The van der Waals surface area contributed by atoms with E-state index in [1.807, 2.05) is 6.08 Å². The van der Waals surface area contributed by atoms with Crippen LogP contribution in [0.5, 0.6) is 0 Å². The number of benzene rings is 1. The molecule has 0 saturated heterocycles. The van der Waals surface area contributed by atoms with Gasteiger partial charge >= 0.3 is 0 Å². The number of rotatable bonds is 3. The highest BCUT2D eigenvalue weighted by atomic mass is 32.1. The van der Waals surface area contributed by atoms with Crippen molar-refractivity contribution < 1.29 is 0 Å². The molecule has 0 aliphatic heterocycles. The van der Waals surface area contributed by atoms with E-state index in [2.05, 4.69) is 36.2 Å². The number of nitrogens with two attached hydrogens (primary N) is 1. The van der Waals surface area contributed by atoms with Crippen molar-refractivity contribution in [3.63, 3.8) is 0 Å². The lowest BCUT2D eigenvalue weighted by molar-refractivity contribution is 0.751. The maximum Gasteiger partial charge on any atom is 0.0346 e. The van der Waals surface area contributed by atoms with Crippen LogP contribution in [0.2, 0.25) is 0 Å². The molecule has 0 unspecified atom stereocenters. The Morgan fingerprint density at radius 3 is 3.00 bits per heavy atom. The standard InChI is InChI=1S/C12H13NS/c1-2-5-11(13)10-8-14-12-7-4-3-6-9(10)12/h2-4,6-8,11H,1,5,13H2/t11-/m0/s1. The first-order valence-corrected chi connectivity index (χ1v) is 5.53. The van der Waals surface area contributed by atoms with Gasteiger partial charge in [-0.2, -0.15) is 0 Å². The van der Waals surface area contributed by atoms with Gasteiger partial charge in [-0.3, -0.25) is 0 Å². The topological polar surface area (TPSA) is 26.0 Å². The van der Waals surface area contributed by atoms with E-state index in [0.717, 1.165) is 6.42 Å². The normalized spacial score (nSPS) is 12.9. The maximum absolute atomic E-state index is 6.05. The highest BCUT2D eigenvalue weighted by molar-refractivity contribution is 7.17. The van der Waals surface area contributed by atoms with Crippen molar-refractivity contribution in [1.82, 2.24) is 0 Å². The van der Waals surface area contributed by atoms with Crippen LogP contribution >= 0.6 is 11.3 Å². The summed E-state index contributed by atoms with van der Waals surface area (Å²) < 4.78 is 1.31. The summed E-state index contributed by atoms with van der Waals surface area (Å²) in [5.74, 6) is 0. The van der Waals surface area contributed by atoms with Crippen molar-refractivity contribution in [2.45, 2.75) is 12.5 Å². The molecule has 2 heteroatoms. The molecule has 0 aliphatic carbocycles. The van der Waals surface area contributed by atoms with Gasteiger partial charge in [-0.15, -0.1) is 17.9 Å². The van der Waals surface area contributed by atoms with Gasteiger partial charge in [-0.05, 0) is 28.8 Å². The summed E-state index contributed by atoms with van der Waals surface area (Å²) in [6, 6.07) is 8.46. The third kappa shape index (κ3) is 1.59. The first kappa shape index (κ1) is 9.44. The molecule has 0 saturated carbocycles. The Bertz CT molecular complexity index is 444. The lowest BCUT2D eigenvalue weighted by Gasteiger charge is -2.07. The van der Waals surface area contributed by atoms with Crippen LogP contribution in [0.1, 0.15) is 18.0 Å². The largest absolute Gasteiger partial charge is 0.324 e. The lowest BCUT2D eigenvalue weighted by Crippen LogP contribution is -2.07. The highest BCUT2D eigenvalue weighted by Gasteiger charge is 2.09. The van der Waals surface area contributed by atoms with Crippen molar-refractivity contribution in [3.05, 3.63) is 47.9 Å². The number of hydrogen-bond acceptors (Lipinski definition) is 2. The molecule has 0 spiro atoms. The van der Waals surface area contributed by atoms with Gasteiger partial charge in [0.2, 0.25) is 0 Å². The molecule has 14 heavy (non-hydrogen) atoms. The third-order valence-electron chi connectivity index (χ3n) is 2.33. The Kier molecular flexibility index (Phi) is 2.66. The first-order chi connectivity index (χ1) is 6.83. The monoisotopic (exact) mass is 203 g/mol. The molecule has 72 valence electrons. The number of hydrogen-bond donors (Lipinski definition) is 1. The summed E-state index contributed by atoms with van der Waals surface area (Å²) in [6.45, 7) is 3.71. The van der Waals surface area contributed by atoms with Gasteiger partial charge < -0.3 is 5.73 Å². The first-order valence-electron chi connectivity index (χ1n) is 4.65. The van der Waals surface area contributed by atoms with Crippen LogP contribution in [-0.2, 0) is 0 Å². The minimum Gasteiger partial charge on any atom is -0.324 e. The second-order valence-electron chi connectivity index (χ2n) is 3.32. The van der Waals surface area contributed by atoms with E-state index in [1.54, 1.807) is 11.3 Å². The molecule has 0 amide bonds. The minimum atomic E-state index is 0.0867. The van der Waals surface area contributed by atoms with Crippen LogP contribution in [0.15, 0.2) is 42.3 Å². The number of fused-ring (bicyclic) bond motifs is 1. The van der Waals surface area contributed by atoms with E-state index in [4.69, 9.17) is 5.73 Å². The Morgan fingerprint density at radius 2 is 2.21 bits per heavy atom. The van der Waals surface area contributed by atoms with Crippen molar-refractivity contribution in [3.8, 4) is 0 Å². The van der Waals surface area contributed by atoms with Gasteiger partial charge in [0.05, 0.1) is 0 Å². The molecule has 2 rings (SSSR count). The van der Waals surface area contributed by atoms with Crippen LogP contribution in [-0.4, -0.2) is 0 Å². The van der Waals surface area contributed by atoms with E-state index in [0.29, 0.717) is 0 Å². The molecule has 1 aromatic carbocycles. The zero-order valence-corrected chi connectivity index (χ0v) is 8.76. The van der Waals surface area contributed by atoms with E-state index < -0.39 is 0 Å². The van der Waals surface area contributed by atoms with Gasteiger partial charge in [0.25, 0.3) is 0 Å².